The van der Waals surface area contributed by atoms with Gasteiger partial charge in [-0.1, -0.05) is 0 Å². The molecule has 0 spiro atoms. The van der Waals surface area contributed by atoms with Gasteiger partial charge in [0.05, 0.1) is 12.1 Å². The number of Topliss-reactive ketones (excluding diaryl/α,β-unsaturated/α-hetero) is 2. The van der Waals surface area contributed by atoms with Crippen LogP contribution in [0.2, 0.25) is 0 Å². The second-order valence-electron chi connectivity index (χ2n) is 4.48. The van der Waals surface area contributed by atoms with E-state index in [1.54, 1.807) is 0 Å². The van der Waals surface area contributed by atoms with E-state index in [-0.39, 0.29) is 23.9 Å². The summed E-state index contributed by atoms with van der Waals surface area (Å²) in [5.41, 5.74) is 11.0. The molecule has 0 saturated carbocycles. The smallest absolute Gasteiger partial charge is 0.222 e. The molecule has 0 heterocycles. The number of nitrogens with one attached hydrogen (secondary N) is 1. The van der Waals surface area contributed by atoms with Crippen LogP contribution in [0.25, 0.3) is 0 Å². The summed E-state index contributed by atoms with van der Waals surface area (Å²) in [5.74, 6) is -0.447. The third-order valence-corrected chi connectivity index (χ3v) is 2.71. The number of carbonyl (C=O) groups excluding carboxylic acids is 3. The number of carbonyl (C=O) groups is 3. The van der Waals surface area contributed by atoms with E-state index in [4.69, 9.17) is 11.5 Å². The highest BCUT2D eigenvalue weighted by Crippen LogP contribution is 1.99. The molecular weight excluding hydrogens is 234 g/mol. The van der Waals surface area contributed by atoms with Crippen LogP contribution in [0, 0.1) is 0 Å². The fraction of sp³-hybridized carbons (Fsp3) is 0.750. The Hall–Kier alpha value is -1.27. The van der Waals surface area contributed by atoms with Gasteiger partial charge in [0.2, 0.25) is 5.91 Å². The Morgan fingerprint density at radius 3 is 2.06 bits per heavy atom. The maximum absolute atomic E-state index is 11.3. The van der Waals surface area contributed by atoms with Gasteiger partial charge in [0, 0.05) is 13.0 Å². The van der Waals surface area contributed by atoms with Crippen LogP contribution in [0.15, 0.2) is 0 Å². The van der Waals surface area contributed by atoms with Gasteiger partial charge >= 0.3 is 0 Å². The van der Waals surface area contributed by atoms with E-state index in [1.807, 2.05) is 0 Å². The third kappa shape index (κ3) is 7.92. The van der Waals surface area contributed by atoms with Gasteiger partial charge in [0.15, 0.2) is 0 Å². The van der Waals surface area contributed by atoms with Crippen LogP contribution < -0.4 is 16.8 Å². The molecule has 0 radical (unpaired) electrons. The van der Waals surface area contributed by atoms with E-state index in [9.17, 15) is 14.4 Å². The van der Waals surface area contributed by atoms with Crippen LogP contribution in [0.3, 0.4) is 0 Å². The molecule has 6 heteroatoms. The molecule has 0 aromatic carbocycles. The van der Waals surface area contributed by atoms with E-state index in [0.717, 1.165) is 12.8 Å². The van der Waals surface area contributed by atoms with Crippen molar-refractivity contribution in [2.24, 2.45) is 11.5 Å². The van der Waals surface area contributed by atoms with Crippen molar-refractivity contribution in [3.05, 3.63) is 0 Å². The minimum absolute atomic E-state index is 0.0162. The van der Waals surface area contributed by atoms with E-state index in [0.29, 0.717) is 13.0 Å². The first kappa shape index (κ1) is 16.7. The minimum Gasteiger partial charge on any atom is -0.356 e. The summed E-state index contributed by atoms with van der Waals surface area (Å²) in [6.07, 6.45) is 2.17. The number of hydrogen-bond acceptors (Lipinski definition) is 5. The zero-order valence-electron chi connectivity index (χ0n) is 11.1. The molecule has 0 aromatic rings. The van der Waals surface area contributed by atoms with Crippen molar-refractivity contribution < 1.29 is 14.4 Å². The zero-order chi connectivity index (χ0) is 14.1. The average molecular weight is 257 g/mol. The highest BCUT2D eigenvalue weighted by molar-refractivity contribution is 5.87. The van der Waals surface area contributed by atoms with Crippen molar-refractivity contribution in [3.63, 3.8) is 0 Å². The summed E-state index contributed by atoms with van der Waals surface area (Å²) in [4.78, 5) is 33.0. The Bertz CT molecular complexity index is 305. The molecule has 0 bridgehead atoms. The van der Waals surface area contributed by atoms with E-state index >= 15 is 0 Å². The van der Waals surface area contributed by atoms with E-state index < -0.39 is 12.1 Å². The fourth-order valence-corrected chi connectivity index (χ4v) is 1.34. The lowest BCUT2D eigenvalue weighted by atomic mass is 10.1. The predicted octanol–water partition coefficient (Wildman–Crippen LogP) is -0.504. The van der Waals surface area contributed by atoms with Gasteiger partial charge in [-0.05, 0) is 33.1 Å². The topological polar surface area (TPSA) is 115 Å². The summed E-state index contributed by atoms with van der Waals surface area (Å²) in [5, 5.41) is 2.67. The summed E-state index contributed by atoms with van der Waals surface area (Å²) >= 11 is 0. The lowest BCUT2D eigenvalue weighted by molar-refractivity contribution is -0.125. The van der Waals surface area contributed by atoms with Gasteiger partial charge in [-0.25, -0.2) is 0 Å². The second-order valence-corrected chi connectivity index (χ2v) is 4.48. The molecule has 6 nitrogen and oxygen atoms in total. The Morgan fingerprint density at radius 2 is 1.56 bits per heavy atom. The summed E-state index contributed by atoms with van der Waals surface area (Å²) in [7, 11) is 0. The maximum Gasteiger partial charge on any atom is 0.222 e. The van der Waals surface area contributed by atoms with Crippen molar-refractivity contribution in [3.8, 4) is 0 Å². The largest absolute Gasteiger partial charge is 0.356 e. The fourth-order valence-electron chi connectivity index (χ4n) is 1.34. The number of rotatable bonds is 9. The van der Waals surface area contributed by atoms with Gasteiger partial charge in [-0.3, -0.25) is 14.4 Å². The third-order valence-electron chi connectivity index (χ3n) is 2.71. The molecule has 0 aliphatic heterocycles. The number of ketones is 2. The highest BCUT2D eigenvalue weighted by Gasteiger charge is 2.13. The van der Waals surface area contributed by atoms with Gasteiger partial charge in [0.1, 0.15) is 11.6 Å². The lowest BCUT2D eigenvalue weighted by Gasteiger charge is -2.09. The second kappa shape index (κ2) is 8.77. The van der Waals surface area contributed by atoms with Crippen LogP contribution in [-0.2, 0) is 14.4 Å². The van der Waals surface area contributed by atoms with Gasteiger partial charge < -0.3 is 16.8 Å². The van der Waals surface area contributed by atoms with Gasteiger partial charge in [-0.15, -0.1) is 0 Å². The Morgan fingerprint density at radius 1 is 1.00 bits per heavy atom. The molecule has 104 valence electrons. The Labute approximate surface area is 107 Å². The number of unbranched alkanes of at least 4 members (excludes halogenated alkanes) is 1. The number of amides is 1. The van der Waals surface area contributed by atoms with Crippen molar-refractivity contribution in [1.29, 1.82) is 0 Å². The number of nitrogens with two attached hydrogens (primary N) is 2. The molecule has 5 N–H and O–H groups in total. The molecule has 0 fully saturated rings. The molecule has 0 aliphatic carbocycles. The molecule has 18 heavy (non-hydrogen) atoms. The Balaban J connectivity index is 3.58. The molecule has 0 rings (SSSR count). The molecule has 2 atom stereocenters. The van der Waals surface area contributed by atoms with Gasteiger partial charge in [0.25, 0.3) is 0 Å². The van der Waals surface area contributed by atoms with E-state index in [1.165, 1.54) is 13.8 Å². The first-order chi connectivity index (χ1) is 8.34. The van der Waals surface area contributed by atoms with Crippen molar-refractivity contribution in [1.82, 2.24) is 5.32 Å². The summed E-state index contributed by atoms with van der Waals surface area (Å²) in [6.45, 7) is 3.34. The zero-order valence-corrected chi connectivity index (χ0v) is 11.1. The Kier molecular flexibility index (Phi) is 8.15. The number of hydrogen-bond donors (Lipinski definition) is 3. The standard InChI is InChI=1S/C12H23N3O3/c1-8(16)10(13)5-3-4-6-15-12(18)7-11(14)9(2)17/h10-11H,3-7,13-14H2,1-2H3,(H,15,18). The minimum atomic E-state index is -0.726. The van der Waals surface area contributed by atoms with Crippen LogP contribution in [-0.4, -0.2) is 36.1 Å². The molecular formula is C12H23N3O3. The van der Waals surface area contributed by atoms with Crippen LogP contribution in [0.1, 0.15) is 39.5 Å². The first-order valence-corrected chi connectivity index (χ1v) is 6.13. The molecule has 2 unspecified atom stereocenters. The SMILES string of the molecule is CC(=O)C(N)CCCCNC(=O)CC(N)C(C)=O. The maximum atomic E-state index is 11.3. The lowest BCUT2D eigenvalue weighted by Crippen LogP contribution is -2.36. The quantitative estimate of drug-likeness (QED) is 0.481. The summed E-state index contributed by atoms with van der Waals surface area (Å²) in [6, 6.07) is -1.14. The molecule has 0 saturated heterocycles. The molecule has 0 aliphatic rings. The van der Waals surface area contributed by atoms with Crippen LogP contribution in [0.5, 0.6) is 0 Å². The first-order valence-electron chi connectivity index (χ1n) is 6.13. The van der Waals surface area contributed by atoms with Crippen molar-refractivity contribution in [2.45, 2.75) is 51.6 Å². The normalized spacial score (nSPS) is 13.8. The molecule has 0 aromatic heterocycles. The van der Waals surface area contributed by atoms with Gasteiger partial charge in [-0.2, -0.15) is 0 Å². The van der Waals surface area contributed by atoms with Crippen molar-refractivity contribution >= 4 is 17.5 Å². The van der Waals surface area contributed by atoms with Crippen LogP contribution >= 0.6 is 0 Å². The van der Waals surface area contributed by atoms with Crippen LogP contribution in [0.4, 0.5) is 0 Å². The summed E-state index contributed by atoms with van der Waals surface area (Å²) < 4.78 is 0. The van der Waals surface area contributed by atoms with Crippen molar-refractivity contribution in [2.75, 3.05) is 6.54 Å². The van der Waals surface area contributed by atoms with E-state index in [2.05, 4.69) is 5.32 Å². The average Bonchev–Trinajstić information content (AvgIpc) is 2.27. The predicted molar refractivity (Wildman–Crippen MR) is 68.8 cm³/mol. The molecule has 1 amide bonds. The monoisotopic (exact) mass is 257 g/mol. The highest BCUT2D eigenvalue weighted by atomic mass is 16.2.